The van der Waals surface area contributed by atoms with E-state index in [0.29, 0.717) is 31.5 Å². The third-order valence-electron chi connectivity index (χ3n) is 5.29. The van der Waals surface area contributed by atoms with E-state index < -0.39 is 0 Å². The van der Waals surface area contributed by atoms with Gasteiger partial charge < -0.3 is 16.0 Å². The molecule has 1 amide bonds. The van der Waals surface area contributed by atoms with Crippen LogP contribution in [0.15, 0.2) is 47.7 Å². The van der Waals surface area contributed by atoms with E-state index in [1.54, 1.807) is 13.2 Å². The molecule has 0 unspecified atom stereocenters. The maximum Gasteiger partial charge on any atom is 0.221 e. The van der Waals surface area contributed by atoms with E-state index in [1.165, 1.54) is 30.4 Å². The Morgan fingerprint density at radius 3 is 2.60 bits per heavy atom. The number of amides is 1. The fourth-order valence-corrected chi connectivity index (χ4v) is 3.69. The van der Waals surface area contributed by atoms with Gasteiger partial charge >= 0.3 is 0 Å². The second-order valence-electron chi connectivity index (χ2n) is 7.48. The van der Waals surface area contributed by atoms with Crippen LogP contribution in [0.1, 0.15) is 49.7 Å². The lowest BCUT2D eigenvalue weighted by atomic mass is 9.95. The minimum Gasteiger partial charge on any atom is -0.356 e. The molecule has 1 heterocycles. The summed E-state index contributed by atoms with van der Waals surface area (Å²) in [4.78, 5) is 16.4. The number of carbonyl (C=O) groups is 1. The Labute approximate surface area is 196 Å². The third kappa shape index (κ3) is 7.97. The van der Waals surface area contributed by atoms with E-state index in [0.717, 1.165) is 19.4 Å². The Bertz CT molecular complexity index is 787. The Kier molecular flexibility index (Phi) is 10.7. The molecule has 0 spiro atoms. The van der Waals surface area contributed by atoms with E-state index in [9.17, 15) is 4.79 Å². The van der Waals surface area contributed by atoms with Crippen molar-refractivity contribution in [3.63, 3.8) is 0 Å². The van der Waals surface area contributed by atoms with E-state index in [2.05, 4.69) is 38.2 Å². The van der Waals surface area contributed by atoms with E-state index in [-0.39, 0.29) is 29.9 Å². The Morgan fingerprint density at radius 2 is 1.90 bits per heavy atom. The first-order chi connectivity index (χ1) is 14.2. The van der Waals surface area contributed by atoms with Gasteiger partial charge in [-0.1, -0.05) is 43.5 Å². The summed E-state index contributed by atoms with van der Waals surface area (Å²) >= 11 is 0. The van der Waals surface area contributed by atoms with Gasteiger partial charge in [-0.3, -0.25) is 14.5 Å². The largest absolute Gasteiger partial charge is 0.356 e. The first-order valence-corrected chi connectivity index (χ1v) is 10.5. The van der Waals surface area contributed by atoms with Crippen molar-refractivity contribution in [2.24, 2.45) is 4.99 Å². The second-order valence-corrected chi connectivity index (χ2v) is 7.48. The summed E-state index contributed by atoms with van der Waals surface area (Å²) < 4.78 is 1.91. The molecular formula is C22H33IN6O. The summed E-state index contributed by atoms with van der Waals surface area (Å²) in [5, 5.41) is 14.0. The van der Waals surface area contributed by atoms with E-state index in [4.69, 9.17) is 0 Å². The van der Waals surface area contributed by atoms with Gasteiger partial charge in [0.05, 0.1) is 6.54 Å². The van der Waals surface area contributed by atoms with Gasteiger partial charge in [0.2, 0.25) is 5.91 Å². The molecular weight excluding hydrogens is 491 g/mol. The molecule has 1 aromatic heterocycles. The van der Waals surface area contributed by atoms with Crippen molar-refractivity contribution in [1.29, 1.82) is 0 Å². The number of nitrogens with zero attached hydrogens (tertiary/aromatic N) is 3. The molecule has 164 valence electrons. The molecule has 0 radical (unpaired) electrons. The van der Waals surface area contributed by atoms with Gasteiger partial charge in [0.15, 0.2) is 5.96 Å². The average Bonchev–Trinajstić information content (AvgIpc) is 3.25. The van der Waals surface area contributed by atoms with Crippen LogP contribution in [0.5, 0.6) is 0 Å². The highest BCUT2D eigenvalue weighted by Gasteiger charge is 2.15. The van der Waals surface area contributed by atoms with Crippen molar-refractivity contribution in [3.8, 4) is 0 Å². The lowest BCUT2D eigenvalue weighted by Gasteiger charge is -2.22. The highest BCUT2D eigenvalue weighted by molar-refractivity contribution is 14.0. The maximum absolute atomic E-state index is 12.1. The van der Waals surface area contributed by atoms with Gasteiger partial charge in [-0.15, -0.1) is 24.0 Å². The summed E-state index contributed by atoms with van der Waals surface area (Å²) in [6.07, 6.45) is 10.2. The van der Waals surface area contributed by atoms with Crippen LogP contribution in [0.3, 0.4) is 0 Å². The summed E-state index contributed by atoms with van der Waals surface area (Å²) in [7, 11) is 1.74. The Hall–Kier alpha value is -2.10. The van der Waals surface area contributed by atoms with Gasteiger partial charge in [0.1, 0.15) is 0 Å². The number of aromatic nitrogens is 2. The minimum absolute atomic E-state index is 0. The van der Waals surface area contributed by atoms with Gasteiger partial charge in [-0.05, 0) is 30.0 Å². The number of carbonyl (C=O) groups excluding carboxylic acids is 1. The molecule has 1 saturated carbocycles. The summed E-state index contributed by atoms with van der Waals surface area (Å²) in [5.74, 6) is 0.814. The number of nitrogens with one attached hydrogen (secondary N) is 3. The van der Waals surface area contributed by atoms with Crippen LogP contribution in [0.2, 0.25) is 0 Å². The van der Waals surface area contributed by atoms with E-state index >= 15 is 0 Å². The second kappa shape index (κ2) is 13.3. The number of hydrogen-bond donors (Lipinski definition) is 3. The number of halogens is 1. The SMILES string of the molecule is CN=C(NCCC(=O)NC1CCCCC1)NCc1ccccc1Cn1cccn1.I. The van der Waals surface area contributed by atoms with Crippen LogP contribution in [0.25, 0.3) is 0 Å². The fraction of sp³-hybridized carbons (Fsp3) is 0.500. The van der Waals surface area contributed by atoms with Crippen LogP contribution in [-0.4, -0.2) is 41.3 Å². The van der Waals surface area contributed by atoms with Gasteiger partial charge in [-0.2, -0.15) is 5.10 Å². The zero-order valence-corrected chi connectivity index (χ0v) is 20.0. The molecule has 3 rings (SSSR count). The summed E-state index contributed by atoms with van der Waals surface area (Å²) in [6.45, 7) is 1.96. The average molecular weight is 524 g/mol. The number of benzene rings is 1. The molecule has 30 heavy (non-hydrogen) atoms. The van der Waals surface area contributed by atoms with Crippen LogP contribution in [-0.2, 0) is 17.9 Å². The van der Waals surface area contributed by atoms with Gasteiger partial charge in [-0.25, -0.2) is 0 Å². The molecule has 0 saturated heterocycles. The van der Waals surface area contributed by atoms with Crippen LogP contribution >= 0.6 is 24.0 Å². The number of rotatable bonds is 8. The first-order valence-electron chi connectivity index (χ1n) is 10.5. The van der Waals surface area contributed by atoms with Crippen molar-refractivity contribution < 1.29 is 4.79 Å². The molecule has 1 aliphatic rings. The topological polar surface area (TPSA) is 83.3 Å². The molecule has 1 aliphatic carbocycles. The lowest BCUT2D eigenvalue weighted by molar-refractivity contribution is -0.121. The van der Waals surface area contributed by atoms with Crippen LogP contribution in [0.4, 0.5) is 0 Å². The van der Waals surface area contributed by atoms with Gasteiger partial charge in [0.25, 0.3) is 0 Å². The molecule has 2 aromatic rings. The van der Waals surface area contributed by atoms with Gasteiger partial charge in [0, 0.05) is 45.0 Å². The minimum atomic E-state index is 0. The van der Waals surface area contributed by atoms with Crippen LogP contribution in [0, 0.1) is 0 Å². The number of aliphatic imine (C=N–C) groups is 1. The Morgan fingerprint density at radius 1 is 1.13 bits per heavy atom. The molecule has 8 heteroatoms. The zero-order valence-electron chi connectivity index (χ0n) is 17.6. The molecule has 0 atom stereocenters. The highest BCUT2D eigenvalue weighted by Crippen LogP contribution is 2.17. The van der Waals surface area contributed by atoms with Crippen molar-refractivity contribution in [2.45, 2.75) is 57.7 Å². The molecule has 3 N–H and O–H groups in total. The highest BCUT2D eigenvalue weighted by atomic mass is 127. The molecule has 7 nitrogen and oxygen atoms in total. The lowest BCUT2D eigenvalue weighted by Crippen LogP contribution is -2.41. The molecule has 0 bridgehead atoms. The maximum atomic E-state index is 12.1. The van der Waals surface area contributed by atoms with Crippen molar-refractivity contribution in [3.05, 3.63) is 53.9 Å². The zero-order chi connectivity index (χ0) is 20.3. The monoisotopic (exact) mass is 524 g/mol. The molecule has 0 aliphatic heterocycles. The first kappa shape index (κ1) is 24.2. The predicted octanol–water partition coefficient (Wildman–Crippen LogP) is 3.05. The third-order valence-corrected chi connectivity index (χ3v) is 5.29. The van der Waals surface area contributed by atoms with Crippen LogP contribution < -0.4 is 16.0 Å². The van der Waals surface area contributed by atoms with Crippen molar-refractivity contribution in [2.75, 3.05) is 13.6 Å². The number of guanidine groups is 1. The van der Waals surface area contributed by atoms with E-state index in [1.807, 2.05) is 29.1 Å². The fourth-order valence-electron chi connectivity index (χ4n) is 3.69. The normalized spacial score (nSPS) is 14.6. The van der Waals surface area contributed by atoms with Crippen molar-refractivity contribution >= 4 is 35.8 Å². The number of hydrogen-bond acceptors (Lipinski definition) is 3. The quantitative estimate of drug-likeness (QED) is 0.282. The smallest absolute Gasteiger partial charge is 0.221 e. The summed E-state index contributed by atoms with van der Waals surface area (Å²) in [5.41, 5.74) is 2.41. The standard InChI is InChI=1S/C22H32N6O.HI/c1-23-22(24-14-12-21(29)27-20-10-3-2-4-11-20)25-16-18-8-5-6-9-19(18)17-28-15-7-13-26-28;/h5-9,13,15,20H,2-4,10-12,14,16-17H2,1H3,(H,27,29)(H2,23,24,25);1H. The Balaban J connectivity index is 0.00000320. The summed E-state index contributed by atoms with van der Waals surface area (Å²) in [6, 6.07) is 10.6. The molecule has 1 fully saturated rings. The van der Waals surface area contributed by atoms with Crippen molar-refractivity contribution in [1.82, 2.24) is 25.7 Å². The predicted molar refractivity (Wildman–Crippen MR) is 131 cm³/mol. The molecule has 1 aromatic carbocycles.